The summed E-state index contributed by atoms with van der Waals surface area (Å²) in [4.78, 5) is 21.5. The van der Waals surface area contributed by atoms with Gasteiger partial charge in [0, 0.05) is 6.54 Å². The molecule has 1 fully saturated rings. The summed E-state index contributed by atoms with van der Waals surface area (Å²) in [6.07, 6.45) is 0.370. The molecule has 4 N–H and O–H groups in total. The van der Waals surface area contributed by atoms with Crippen LogP contribution in [0.4, 0.5) is 4.79 Å². The highest BCUT2D eigenvalue weighted by molar-refractivity contribution is 5.80. The number of hydrogen-bond donors (Lipinski definition) is 3. The molecule has 0 saturated carbocycles. The van der Waals surface area contributed by atoms with Crippen molar-refractivity contribution in [2.75, 3.05) is 13.1 Å². The molecule has 1 saturated heterocycles. The van der Waals surface area contributed by atoms with E-state index in [0.29, 0.717) is 18.0 Å². The maximum absolute atomic E-state index is 11.2. The molecule has 0 aliphatic carbocycles. The third-order valence-corrected chi connectivity index (χ3v) is 2.06. The SMILES string of the molecule is NN(C[C@@H]1CCCNC1=O)C(=O)O. The van der Waals surface area contributed by atoms with Crippen molar-refractivity contribution in [2.45, 2.75) is 12.8 Å². The average Bonchev–Trinajstić information content (AvgIpc) is 2.08. The highest BCUT2D eigenvalue weighted by atomic mass is 16.4. The highest BCUT2D eigenvalue weighted by Gasteiger charge is 2.24. The molecular weight excluding hydrogens is 174 g/mol. The molecule has 1 atom stereocenters. The molecule has 6 heteroatoms. The van der Waals surface area contributed by atoms with E-state index in [1.54, 1.807) is 0 Å². The molecule has 6 nitrogen and oxygen atoms in total. The van der Waals surface area contributed by atoms with Gasteiger partial charge in [0.2, 0.25) is 5.91 Å². The summed E-state index contributed by atoms with van der Waals surface area (Å²) in [6, 6.07) is 0. The quantitative estimate of drug-likeness (QED) is 0.304. The van der Waals surface area contributed by atoms with Gasteiger partial charge in [-0.05, 0) is 12.8 Å². The Kier molecular flexibility index (Phi) is 3.07. The molecule has 1 aliphatic rings. The molecule has 2 amide bonds. The summed E-state index contributed by atoms with van der Waals surface area (Å²) in [6.45, 7) is 0.744. The summed E-state index contributed by atoms with van der Waals surface area (Å²) >= 11 is 0. The number of carbonyl (C=O) groups excluding carboxylic acids is 1. The van der Waals surface area contributed by atoms with Crippen LogP contribution in [0.1, 0.15) is 12.8 Å². The smallest absolute Gasteiger partial charge is 0.421 e. The van der Waals surface area contributed by atoms with Gasteiger partial charge in [-0.1, -0.05) is 0 Å². The van der Waals surface area contributed by atoms with E-state index in [0.717, 1.165) is 6.42 Å². The van der Waals surface area contributed by atoms with Gasteiger partial charge in [-0.25, -0.2) is 15.6 Å². The molecule has 0 aromatic heterocycles. The molecule has 74 valence electrons. The summed E-state index contributed by atoms with van der Waals surface area (Å²) in [5, 5.41) is 11.8. The Labute approximate surface area is 75.7 Å². The van der Waals surface area contributed by atoms with Crippen LogP contribution in [0.3, 0.4) is 0 Å². The van der Waals surface area contributed by atoms with Gasteiger partial charge in [0.15, 0.2) is 0 Å². The second-order valence-electron chi connectivity index (χ2n) is 3.07. The molecular formula is C7H13N3O3. The van der Waals surface area contributed by atoms with Gasteiger partial charge in [-0.15, -0.1) is 0 Å². The van der Waals surface area contributed by atoms with Gasteiger partial charge in [-0.3, -0.25) is 4.79 Å². The number of nitrogens with zero attached hydrogens (tertiary/aromatic N) is 1. The Bertz CT molecular complexity index is 219. The van der Waals surface area contributed by atoms with Gasteiger partial charge < -0.3 is 10.4 Å². The predicted molar refractivity (Wildman–Crippen MR) is 44.7 cm³/mol. The van der Waals surface area contributed by atoms with Crippen molar-refractivity contribution in [1.29, 1.82) is 0 Å². The van der Waals surface area contributed by atoms with Crippen molar-refractivity contribution in [3.8, 4) is 0 Å². The van der Waals surface area contributed by atoms with Crippen molar-refractivity contribution < 1.29 is 14.7 Å². The lowest BCUT2D eigenvalue weighted by atomic mass is 9.99. The van der Waals surface area contributed by atoms with E-state index in [1.165, 1.54) is 0 Å². The second kappa shape index (κ2) is 4.08. The molecule has 0 spiro atoms. The maximum atomic E-state index is 11.2. The number of hydrogen-bond acceptors (Lipinski definition) is 3. The predicted octanol–water partition coefficient (Wildman–Crippen LogP) is -0.634. The van der Waals surface area contributed by atoms with E-state index >= 15 is 0 Å². The summed E-state index contributed by atoms with van der Waals surface area (Å²) in [5.41, 5.74) is 0. The molecule has 0 aromatic carbocycles. The van der Waals surface area contributed by atoms with E-state index in [2.05, 4.69) is 5.32 Å². The van der Waals surface area contributed by atoms with Gasteiger partial charge >= 0.3 is 6.09 Å². The zero-order valence-electron chi connectivity index (χ0n) is 7.19. The zero-order chi connectivity index (χ0) is 9.84. The first-order chi connectivity index (χ1) is 6.11. The van der Waals surface area contributed by atoms with Gasteiger partial charge in [0.1, 0.15) is 0 Å². The Morgan fingerprint density at radius 2 is 2.46 bits per heavy atom. The van der Waals surface area contributed by atoms with Crippen molar-refractivity contribution in [3.05, 3.63) is 0 Å². The van der Waals surface area contributed by atoms with E-state index in [9.17, 15) is 9.59 Å². The number of nitrogens with one attached hydrogen (secondary N) is 1. The van der Waals surface area contributed by atoms with Crippen LogP contribution in [0.5, 0.6) is 0 Å². The average molecular weight is 187 g/mol. The highest BCUT2D eigenvalue weighted by Crippen LogP contribution is 2.11. The molecule has 0 unspecified atom stereocenters. The zero-order valence-corrected chi connectivity index (χ0v) is 7.19. The van der Waals surface area contributed by atoms with E-state index in [4.69, 9.17) is 10.9 Å². The van der Waals surface area contributed by atoms with E-state index < -0.39 is 6.09 Å². The van der Waals surface area contributed by atoms with Crippen LogP contribution in [0.25, 0.3) is 0 Å². The van der Waals surface area contributed by atoms with Crippen LogP contribution in [0.15, 0.2) is 0 Å². The Hall–Kier alpha value is -1.30. The monoisotopic (exact) mass is 187 g/mol. The van der Waals surface area contributed by atoms with Crippen LogP contribution in [-0.4, -0.2) is 35.2 Å². The minimum atomic E-state index is -1.21. The number of piperidine rings is 1. The van der Waals surface area contributed by atoms with Crippen molar-refractivity contribution in [1.82, 2.24) is 10.3 Å². The van der Waals surface area contributed by atoms with Crippen molar-refractivity contribution >= 4 is 12.0 Å². The first-order valence-electron chi connectivity index (χ1n) is 4.14. The van der Waals surface area contributed by atoms with Crippen LogP contribution >= 0.6 is 0 Å². The molecule has 1 rings (SSSR count). The van der Waals surface area contributed by atoms with Gasteiger partial charge in [0.25, 0.3) is 0 Å². The number of rotatable bonds is 2. The Morgan fingerprint density at radius 3 is 3.00 bits per heavy atom. The normalized spacial score (nSPS) is 22.2. The minimum Gasteiger partial charge on any atom is -0.464 e. The van der Waals surface area contributed by atoms with Crippen LogP contribution < -0.4 is 11.2 Å². The third kappa shape index (κ3) is 2.59. The fraction of sp³-hybridized carbons (Fsp3) is 0.714. The number of carbonyl (C=O) groups is 2. The first kappa shape index (κ1) is 9.79. The van der Waals surface area contributed by atoms with E-state index in [-0.39, 0.29) is 18.4 Å². The van der Waals surface area contributed by atoms with Crippen LogP contribution in [0, 0.1) is 5.92 Å². The third-order valence-electron chi connectivity index (χ3n) is 2.06. The maximum Gasteiger partial charge on any atom is 0.421 e. The number of carboxylic acid groups (broad SMARTS) is 1. The van der Waals surface area contributed by atoms with Crippen molar-refractivity contribution in [2.24, 2.45) is 11.8 Å². The fourth-order valence-electron chi connectivity index (χ4n) is 1.33. The lowest BCUT2D eigenvalue weighted by Crippen LogP contribution is -2.46. The largest absolute Gasteiger partial charge is 0.464 e. The molecule has 0 aromatic rings. The summed E-state index contributed by atoms with van der Waals surface area (Å²) < 4.78 is 0. The topological polar surface area (TPSA) is 95.7 Å². The van der Waals surface area contributed by atoms with Gasteiger partial charge in [-0.2, -0.15) is 0 Å². The van der Waals surface area contributed by atoms with Crippen molar-refractivity contribution in [3.63, 3.8) is 0 Å². The lowest BCUT2D eigenvalue weighted by molar-refractivity contribution is -0.127. The number of nitrogens with two attached hydrogens (primary N) is 1. The van der Waals surface area contributed by atoms with Crippen LogP contribution in [-0.2, 0) is 4.79 Å². The van der Waals surface area contributed by atoms with Crippen LogP contribution in [0.2, 0.25) is 0 Å². The Balaban J connectivity index is 2.42. The summed E-state index contributed by atoms with van der Waals surface area (Å²) in [5.74, 6) is 4.76. The molecule has 0 bridgehead atoms. The fourth-order valence-corrected chi connectivity index (χ4v) is 1.33. The molecule has 0 radical (unpaired) electrons. The minimum absolute atomic E-state index is 0.0706. The van der Waals surface area contributed by atoms with E-state index in [1.807, 2.05) is 0 Å². The summed E-state index contributed by atoms with van der Waals surface area (Å²) in [7, 11) is 0. The standard InChI is InChI=1S/C7H13N3O3/c8-10(7(12)13)4-5-2-1-3-9-6(5)11/h5H,1-4,8H2,(H,9,11)(H,12,13)/t5-/m0/s1. The first-order valence-corrected chi connectivity index (χ1v) is 4.14. The molecule has 13 heavy (non-hydrogen) atoms. The number of hydrazine groups is 1. The molecule has 1 aliphatic heterocycles. The number of amides is 2. The molecule has 1 heterocycles. The lowest BCUT2D eigenvalue weighted by Gasteiger charge is -2.24. The second-order valence-corrected chi connectivity index (χ2v) is 3.07. The Morgan fingerprint density at radius 1 is 1.77 bits per heavy atom. The van der Waals surface area contributed by atoms with Gasteiger partial charge in [0.05, 0.1) is 12.5 Å².